The van der Waals surface area contributed by atoms with Gasteiger partial charge in [0.15, 0.2) is 5.43 Å². The number of hydrogen-bond donors (Lipinski definition) is 1. The normalized spacial score (nSPS) is 10.9. The molecule has 1 heterocycles. The van der Waals surface area contributed by atoms with Crippen molar-refractivity contribution in [3.63, 3.8) is 0 Å². The monoisotopic (exact) mass is 385 g/mol. The van der Waals surface area contributed by atoms with E-state index in [2.05, 4.69) is 15.9 Å². The van der Waals surface area contributed by atoms with Gasteiger partial charge in [0.05, 0.1) is 11.9 Å². The van der Waals surface area contributed by atoms with Crippen LogP contribution < -0.4 is 5.43 Å². The van der Waals surface area contributed by atoms with Gasteiger partial charge in [-0.05, 0) is 36.8 Å². The van der Waals surface area contributed by atoms with Crippen molar-refractivity contribution < 1.29 is 9.90 Å². The molecule has 5 heteroatoms. The van der Waals surface area contributed by atoms with Crippen LogP contribution in [0.25, 0.3) is 10.9 Å². The van der Waals surface area contributed by atoms with Crippen LogP contribution in [0.4, 0.5) is 0 Å². The van der Waals surface area contributed by atoms with Crippen molar-refractivity contribution in [1.82, 2.24) is 4.57 Å². The Hall–Kier alpha value is -2.40. The van der Waals surface area contributed by atoms with Gasteiger partial charge in [0.2, 0.25) is 0 Å². The van der Waals surface area contributed by atoms with Gasteiger partial charge in [0.1, 0.15) is 0 Å². The molecular formula is C19H16BrNO3. The summed E-state index contributed by atoms with van der Waals surface area (Å²) in [5.74, 6) is -1.01. The second kappa shape index (κ2) is 6.61. The SMILES string of the molecule is Cc1ccc2c(c1)c(=O)c(CC(=O)O)cn2Cc1ccc(Br)cc1. The van der Waals surface area contributed by atoms with Crippen LogP contribution >= 0.6 is 15.9 Å². The summed E-state index contributed by atoms with van der Waals surface area (Å²) in [4.78, 5) is 23.7. The second-order valence-electron chi connectivity index (χ2n) is 5.83. The Morgan fingerprint density at radius 2 is 1.88 bits per heavy atom. The van der Waals surface area contributed by atoms with Crippen LogP contribution in [0.15, 0.2) is 57.9 Å². The van der Waals surface area contributed by atoms with Crippen molar-refractivity contribution in [3.05, 3.63) is 80.0 Å². The van der Waals surface area contributed by atoms with Crippen LogP contribution in [-0.4, -0.2) is 15.6 Å². The molecule has 0 unspecified atom stereocenters. The van der Waals surface area contributed by atoms with Crippen molar-refractivity contribution in [2.45, 2.75) is 19.9 Å². The van der Waals surface area contributed by atoms with Gasteiger partial charge in [-0.15, -0.1) is 0 Å². The fraction of sp³-hybridized carbons (Fsp3) is 0.158. The molecule has 0 saturated carbocycles. The van der Waals surface area contributed by atoms with Crippen molar-refractivity contribution in [2.24, 2.45) is 0 Å². The van der Waals surface area contributed by atoms with E-state index in [4.69, 9.17) is 5.11 Å². The van der Waals surface area contributed by atoms with E-state index in [-0.39, 0.29) is 11.8 Å². The predicted octanol–water partition coefficient (Wildman–Crippen LogP) is 3.75. The zero-order chi connectivity index (χ0) is 17.3. The van der Waals surface area contributed by atoms with Gasteiger partial charge in [-0.3, -0.25) is 9.59 Å². The molecule has 0 aliphatic heterocycles. The lowest BCUT2D eigenvalue weighted by Crippen LogP contribution is -2.18. The van der Waals surface area contributed by atoms with Crippen LogP contribution in [0.1, 0.15) is 16.7 Å². The first kappa shape index (κ1) is 16.5. The first-order valence-electron chi connectivity index (χ1n) is 7.53. The minimum atomic E-state index is -1.01. The number of halogens is 1. The number of fused-ring (bicyclic) bond motifs is 1. The first-order valence-corrected chi connectivity index (χ1v) is 8.32. The number of hydrogen-bond acceptors (Lipinski definition) is 2. The maximum Gasteiger partial charge on any atom is 0.308 e. The average Bonchev–Trinajstić information content (AvgIpc) is 2.53. The Balaban J connectivity index is 2.17. The van der Waals surface area contributed by atoms with Crippen molar-refractivity contribution in [2.75, 3.05) is 0 Å². The molecule has 3 aromatic rings. The molecule has 0 radical (unpaired) electrons. The third-order valence-corrected chi connectivity index (χ3v) is 4.45. The Labute approximate surface area is 147 Å². The minimum absolute atomic E-state index is 0.205. The van der Waals surface area contributed by atoms with E-state index in [1.807, 2.05) is 54.0 Å². The largest absolute Gasteiger partial charge is 0.481 e. The molecular weight excluding hydrogens is 370 g/mol. The molecule has 1 aromatic heterocycles. The smallest absolute Gasteiger partial charge is 0.308 e. The molecule has 122 valence electrons. The third kappa shape index (κ3) is 3.41. The van der Waals surface area contributed by atoms with Crippen LogP contribution in [0.5, 0.6) is 0 Å². The number of benzene rings is 2. The topological polar surface area (TPSA) is 59.3 Å². The molecule has 4 nitrogen and oxygen atoms in total. The molecule has 0 fully saturated rings. The number of aryl methyl sites for hydroxylation is 1. The molecule has 0 aliphatic rings. The lowest BCUT2D eigenvalue weighted by Gasteiger charge is -2.14. The Morgan fingerprint density at radius 1 is 1.17 bits per heavy atom. The molecule has 0 saturated heterocycles. The van der Waals surface area contributed by atoms with E-state index in [1.165, 1.54) is 0 Å². The predicted molar refractivity (Wildman–Crippen MR) is 97.5 cm³/mol. The summed E-state index contributed by atoms with van der Waals surface area (Å²) in [6, 6.07) is 13.6. The zero-order valence-corrected chi connectivity index (χ0v) is 14.7. The minimum Gasteiger partial charge on any atom is -0.481 e. The zero-order valence-electron chi connectivity index (χ0n) is 13.1. The van der Waals surface area contributed by atoms with Gasteiger partial charge in [0.25, 0.3) is 0 Å². The van der Waals surface area contributed by atoms with E-state index >= 15 is 0 Å². The number of carboxylic acid groups (broad SMARTS) is 1. The highest BCUT2D eigenvalue weighted by atomic mass is 79.9. The number of carboxylic acids is 1. The van der Waals surface area contributed by atoms with Gasteiger partial charge >= 0.3 is 5.97 Å². The van der Waals surface area contributed by atoms with Crippen molar-refractivity contribution >= 4 is 32.8 Å². The second-order valence-corrected chi connectivity index (χ2v) is 6.74. The van der Waals surface area contributed by atoms with Crippen molar-refractivity contribution in [3.8, 4) is 0 Å². The highest BCUT2D eigenvalue weighted by Gasteiger charge is 2.12. The number of aromatic nitrogens is 1. The van der Waals surface area contributed by atoms with Crippen LogP contribution in [0, 0.1) is 6.92 Å². The Kier molecular flexibility index (Phi) is 4.53. The van der Waals surface area contributed by atoms with Gasteiger partial charge < -0.3 is 9.67 Å². The van der Waals surface area contributed by atoms with E-state index < -0.39 is 5.97 Å². The molecule has 3 rings (SSSR count). The highest BCUT2D eigenvalue weighted by molar-refractivity contribution is 9.10. The van der Waals surface area contributed by atoms with Gasteiger partial charge in [-0.2, -0.15) is 0 Å². The molecule has 0 spiro atoms. The lowest BCUT2D eigenvalue weighted by molar-refractivity contribution is -0.136. The van der Waals surface area contributed by atoms with Gasteiger partial charge in [-0.1, -0.05) is 39.7 Å². The number of pyridine rings is 1. The summed E-state index contributed by atoms with van der Waals surface area (Å²) in [6.45, 7) is 2.49. The third-order valence-electron chi connectivity index (χ3n) is 3.92. The van der Waals surface area contributed by atoms with Crippen molar-refractivity contribution in [1.29, 1.82) is 0 Å². The molecule has 0 atom stereocenters. The van der Waals surface area contributed by atoms with Crippen LogP contribution in [0.2, 0.25) is 0 Å². The summed E-state index contributed by atoms with van der Waals surface area (Å²) >= 11 is 3.41. The van der Waals surface area contributed by atoms with E-state index in [0.29, 0.717) is 17.5 Å². The average molecular weight is 386 g/mol. The summed E-state index contributed by atoms with van der Waals surface area (Å²) < 4.78 is 2.94. The van der Waals surface area contributed by atoms with E-state index in [9.17, 15) is 9.59 Å². The lowest BCUT2D eigenvalue weighted by atomic mass is 10.1. The molecule has 0 amide bonds. The summed E-state index contributed by atoms with van der Waals surface area (Å²) in [7, 11) is 0. The maximum atomic E-state index is 12.6. The van der Waals surface area contributed by atoms with E-state index in [0.717, 1.165) is 21.1 Å². The Bertz CT molecular complexity index is 974. The number of aliphatic carboxylic acids is 1. The maximum absolute atomic E-state index is 12.6. The van der Waals surface area contributed by atoms with Gasteiger partial charge in [-0.25, -0.2) is 0 Å². The molecule has 2 aromatic carbocycles. The summed E-state index contributed by atoms with van der Waals surface area (Å²) in [6.07, 6.45) is 1.39. The Morgan fingerprint density at radius 3 is 2.54 bits per heavy atom. The van der Waals surface area contributed by atoms with E-state index in [1.54, 1.807) is 6.20 Å². The highest BCUT2D eigenvalue weighted by Crippen LogP contribution is 2.17. The number of rotatable bonds is 4. The van der Waals surface area contributed by atoms with Gasteiger partial charge in [0, 0.05) is 28.2 Å². The molecule has 24 heavy (non-hydrogen) atoms. The summed E-state index contributed by atoms with van der Waals surface area (Å²) in [5.41, 5.74) is 2.95. The van der Waals surface area contributed by atoms with Crippen LogP contribution in [-0.2, 0) is 17.8 Å². The number of carbonyl (C=O) groups is 1. The molecule has 0 aliphatic carbocycles. The number of nitrogens with zero attached hydrogens (tertiary/aromatic N) is 1. The van der Waals surface area contributed by atoms with Crippen LogP contribution in [0.3, 0.4) is 0 Å². The quantitative estimate of drug-likeness (QED) is 0.743. The standard InChI is InChI=1S/C19H16BrNO3/c1-12-2-7-17-16(8-12)19(24)14(9-18(22)23)11-21(17)10-13-3-5-15(20)6-4-13/h2-8,11H,9-10H2,1H3,(H,22,23). The molecule has 0 bridgehead atoms. The molecule has 1 N–H and O–H groups in total. The first-order chi connectivity index (χ1) is 11.4. The summed E-state index contributed by atoms with van der Waals surface area (Å²) in [5, 5.41) is 9.64. The fourth-order valence-corrected chi connectivity index (χ4v) is 3.04. The fourth-order valence-electron chi connectivity index (χ4n) is 2.78.